The van der Waals surface area contributed by atoms with Crippen LogP contribution in [0.3, 0.4) is 0 Å². The lowest BCUT2D eigenvalue weighted by molar-refractivity contribution is 0.189. The summed E-state index contributed by atoms with van der Waals surface area (Å²) in [5.74, 6) is 0.734. The zero-order valence-corrected chi connectivity index (χ0v) is 15.2. The summed E-state index contributed by atoms with van der Waals surface area (Å²) in [6.45, 7) is 5.37. The van der Waals surface area contributed by atoms with Gasteiger partial charge in [-0.1, -0.05) is 19.1 Å². The number of benzene rings is 2. The Kier molecular flexibility index (Phi) is 6.02. The van der Waals surface area contributed by atoms with Gasteiger partial charge in [-0.25, -0.2) is 0 Å². The lowest BCUT2D eigenvalue weighted by atomic mass is 10.2. The van der Waals surface area contributed by atoms with Crippen molar-refractivity contribution >= 4 is 31.5 Å². The highest BCUT2D eigenvalue weighted by molar-refractivity contribution is 7.24. The number of rotatable bonds is 8. The standard InChI is InChI=1S/C20H23NO3S/c1-2-21(11-12-22)10-5-13-24-15-8-9-19-17(14-15)20(23)16-6-3-4-7-18(16)25-19/h3-4,6-9,14,22H,2,5,10-13H2,1H3. The van der Waals surface area contributed by atoms with E-state index in [2.05, 4.69) is 11.8 Å². The average Bonchev–Trinajstić information content (AvgIpc) is 2.65. The van der Waals surface area contributed by atoms with E-state index >= 15 is 0 Å². The van der Waals surface area contributed by atoms with Crippen LogP contribution in [0.4, 0.5) is 0 Å². The average molecular weight is 357 g/mol. The molecule has 0 aliphatic rings. The van der Waals surface area contributed by atoms with E-state index in [-0.39, 0.29) is 12.0 Å². The summed E-state index contributed by atoms with van der Waals surface area (Å²) >= 11 is 1.63. The van der Waals surface area contributed by atoms with Crippen LogP contribution in [-0.4, -0.2) is 42.9 Å². The van der Waals surface area contributed by atoms with Crippen molar-refractivity contribution in [2.45, 2.75) is 13.3 Å². The Morgan fingerprint density at radius 3 is 2.68 bits per heavy atom. The van der Waals surface area contributed by atoms with Crippen LogP contribution in [0.2, 0.25) is 0 Å². The minimum atomic E-state index is 0.0647. The molecule has 0 amide bonds. The molecule has 4 nitrogen and oxygen atoms in total. The van der Waals surface area contributed by atoms with E-state index in [1.54, 1.807) is 11.3 Å². The van der Waals surface area contributed by atoms with Crippen molar-refractivity contribution < 1.29 is 9.84 Å². The Labute approximate surface area is 151 Å². The van der Waals surface area contributed by atoms with E-state index in [4.69, 9.17) is 9.84 Å². The Bertz CT molecular complexity index is 906. The highest BCUT2D eigenvalue weighted by atomic mass is 32.1. The van der Waals surface area contributed by atoms with Crippen molar-refractivity contribution in [1.82, 2.24) is 4.90 Å². The number of nitrogens with zero attached hydrogens (tertiary/aromatic N) is 1. The summed E-state index contributed by atoms with van der Waals surface area (Å²) in [4.78, 5) is 14.9. The van der Waals surface area contributed by atoms with E-state index in [0.717, 1.165) is 45.4 Å². The Morgan fingerprint density at radius 1 is 1.08 bits per heavy atom. The molecule has 3 aromatic rings. The van der Waals surface area contributed by atoms with E-state index in [1.807, 2.05) is 42.5 Å². The first-order chi connectivity index (χ1) is 12.2. The van der Waals surface area contributed by atoms with Gasteiger partial charge in [-0.3, -0.25) is 4.79 Å². The van der Waals surface area contributed by atoms with Gasteiger partial charge in [0.15, 0.2) is 5.43 Å². The fraction of sp³-hybridized carbons (Fsp3) is 0.350. The number of hydrogen-bond donors (Lipinski definition) is 1. The quantitative estimate of drug-likeness (QED) is 0.495. The third kappa shape index (κ3) is 4.18. The van der Waals surface area contributed by atoms with Gasteiger partial charge in [0.25, 0.3) is 0 Å². The third-order valence-electron chi connectivity index (χ3n) is 4.30. The van der Waals surface area contributed by atoms with Gasteiger partial charge in [-0.2, -0.15) is 0 Å². The van der Waals surface area contributed by atoms with Gasteiger partial charge in [0.2, 0.25) is 0 Å². The SMILES string of the molecule is CCN(CCO)CCCOc1ccc2sc3ccccc3c(=O)c2c1. The maximum absolute atomic E-state index is 12.7. The minimum Gasteiger partial charge on any atom is -0.494 e. The predicted octanol–water partition coefficient (Wildman–Crippen LogP) is 3.50. The van der Waals surface area contributed by atoms with Gasteiger partial charge >= 0.3 is 0 Å². The van der Waals surface area contributed by atoms with Crippen molar-refractivity contribution in [3.63, 3.8) is 0 Å². The van der Waals surface area contributed by atoms with Crippen LogP contribution >= 0.6 is 11.3 Å². The van der Waals surface area contributed by atoms with Gasteiger partial charge in [-0.05, 0) is 43.3 Å². The normalized spacial score (nSPS) is 11.5. The van der Waals surface area contributed by atoms with Crippen LogP contribution in [0.25, 0.3) is 20.2 Å². The molecule has 3 rings (SSSR count). The molecule has 1 aromatic heterocycles. The molecule has 0 atom stereocenters. The monoisotopic (exact) mass is 357 g/mol. The van der Waals surface area contributed by atoms with Crippen molar-refractivity contribution in [1.29, 1.82) is 0 Å². The second-order valence-electron chi connectivity index (χ2n) is 5.95. The molecular weight excluding hydrogens is 334 g/mol. The number of aliphatic hydroxyl groups excluding tert-OH is 1. The Morgan fingerprint density at radius 2 is 1.88 bits per heavy atom. The molecule has 0 unspecified atom stereocenters. The summed E-state index contributed by atoms with van der Waals surface area (Å²) in [5, 5.41) is 10.5. The summed E-state index contributed by atoms with van der Waals surface area (Å²) < 4.78 is 7.82. The van der Waals surface area contributed by atoms with E-state index in [9.17, 15) is 4.79 Å². The van der Waals surface area contributed by atoms with Crippen molar-refractivity contribution in [3.8, 4) is 5.75 Å². The highest BCUT2D eigenvalue weighted by Gasteiger charge is 2.07. The maximum atomic E-state index is 12.7. The predicted molar refractivity (Wildman–Crippen MR) is 105 cm³/mol. The minimum absolute atomic E-state index is 0.0647. The third-order valence-corrected chi connectivity index (χ3v) is 5.45. The first kappa shape index (κ1) is 17.9. The molecule has 1 heterocycles. The second kappa shape index (κ2) is 8.43. The lowest BCUT2D eigenvalue weighted by Crippen LogP contribution is -2.28. The van der Waals surface area contributed by atoms with Gasteiger partial charge in [0.1, 0.15) is 5.75 Å². The summed E-state index contributed by atoms with van der Waals surface area (Å²) in [6, 6.07) is 13.5. The molecule has 0 spiro atoms. The van der Waals surface area contributed by atoms with Gasteiger partial charge in [0.05, 0.1) is 13.2 Å². The molecule has 0 saturated carbocycles. The van der Waals surface area contributed by atoms with Crippen molar-refractivity contribution in [3.05, 3.63) is 52.7 Å². The van der Waals surface area contributed by atoms with Crippen LogP contribution in [0.1, 0.15) is 13.3 Å². The second-order valence-corrected chi connectivity index (χ2v) is 7.03. The summed E-state index contributed by atoms with van der Waals surface area (Å²) in [5.41, 5.74) is 0.0647. The largest absolute Gasteiger partial charge is 0.494 e. The Hall–Kier alpha value is -1.95. The number of fused-ring (bicyclic) bond motifs is 2. The van der Waals surface area contributed by atoms with Gasteiger partial charge < -0.3 is 14.7 Å². The smallest absolute Gasteiger partial charge is 0.196 e. The number of likely N-dealkylation sites (N-methyl/N-ethyl adjacent to an activating group) is 1. The molecule has 1 N–H and O–H groups in total. The lowest BCUT2D eigenvalue weighted by Gasteiger charge is -2.18. The van der Waals surface area contributed by atoms with E-state index in [0.29, 0.717) is 13.2 Å². The molecule has 132 valence electrons. The fourth-order valence-electron chi connectivity index (χ4n) is 2.92. The van der Waals surface area contributed by atoms with Crippen LogP contribution in [-0.2, 0) is 0 Å². The van der Waals surface area contributed by atoms with Gasteiger partial charge in [0, 0.05) is 33.3 Å². The molecule has 0 saturated heterocycles. The Balaban J connectivity index is 1.72. The number of hydrogen-bond acceptors (Lipinski definition) is 5. The van der Waals surface area contributed by atoms with E-state index < -0.39 is 0 Å². The molecule has 0 fully saturated rings. The van der Waals surface area contributed by atoms with Crippen LogP contribution in [0, 0.1) is 0 Å². The van der Waals surface area contributed by atoms with Crippen molar-refractivity contribution in [2.24, 2.45) is 0 Å². The molecule has 25 heavy (non-hydrogen) atoms. The highest BCUT2D eigenvalue weighted by Crippen LogP contribution is 2.27. The maximum Gasteiger partial charge on any atom is 0.196 e. The number of ether oxygens (including phenoxy) is 1. The van der Waals surface area contributed by atoms with Gasteiger partial charge in [-0.15, -0.1) is 11.3 Å². The summed E-state index contributed by atoms with van der Waals surface area (Å²) in [7, 11) is 0. The van der Waals surface area contributed by atoms with Crippen LogP contribution < -0.4 is 10.2 Å². The molecule has 5 heteroatoms. The summed E-state index contributed by atoms with van der Waals surface area (Å²) in [6.07, 6.45) is 0.885. The zero-order valence-electron chi connectivity index (χ0n) is 14.4. The van der Waals surface area contributed by atoms with Crippen molar-refractivity contribution in [2.75, 3.05) is 32.8 Å². The molecule has 2 aromatic carbocycles. The molecule has 0 aliphatic heterocycles. The first-order valence-electron chi connectivity index (χ1n) is 8.64. The van der Waals surface area contributed by atoms with E-state index in [1.165, 1.54) is 0 Å². The molecular formula is C20H23NO3S. The molecule has 0 aliphatic carbocycles. The zero-order chi connectivity index (χ0) is 17.6. The van der Waals surface area contributed by atoms with Crippen LogP contribution in [0.5, 0.6) is 5.75 Å². The molecule has 0 bridgehead atoms. The first-order valence-corrected chi connectivity index (χ1v) is 9.46. The fourth-order valence-corrected chi connectivity index (χ4v) is 3.97. The van der Waals surface area contributed by atoms with Crippen LogP contribution in [0.15, 0.2) is 47.3 Å². The molecule has 0 radical (unpaired) electrons. The number of aliphatic hydroxyl groups is 1. The topological polar surface area (TPSA) is 49.8 Å².